The van der Waals surface area contributed by atoms with Crippen molar-refractivity contribution in [3.8, 4) is 0 Å². The number of nitrogens with zero attached hydrogens (tertiary/aromatic N) is 1. The van der Waals surface area contributed by atoms with E-state index >= 15 is 0 Å². The number of rotatable bonds is 4. The molecule has 20 heavy (non-hydrogen) atoms. The van der Waals surface area contributed by atoms with E-state index in [1.807, 2.05) is 0 Å². The van der Waals surface area contributed by atoms with E-state index in [4.69, 9.17) is 0 Å². The fourth-order valence-corrected chi connectivity index (χ4v) is 2.88. The molecule has 1 amide bonds. The van der Waals surface area contributed by atoms with Crippen molar-refractivity contribution in [2.45, 2.75) is 11.9 Å². The molecule has 0 bridgehead atoms. The fourth-order valence-electron chi connectivity index (χ4n) is 1.46. The van der Waals surface area contributed by atoms with Gasteiger partial charge < -0.3 is 4.90 Å². The zero-order valence-electron chi connectivity index (χ0n) is 10.9. The van der Waals surface area contributed by atoms with Crippen molar-refractivity contribution in [2.24, 2.45) is 0 Å². The van der Waals surface area contributed by atoms with Crippen molar-refractivity contribution in [3.05, 3.63) is 35.4 Å². The van der Waals surface area contributed by atoms with Crippen LogP contribution in [0.1, 0.15) is 11.1 Å². The summed E-state index contributed by atoms with van der Waals surface area (Å²) in [4.78, 5) is 12.5. The topological polar surface area (TPSA) is 54.5 Å². The number of carbonyl (C=O) groups is 1. The number of amides is 1. The van der Waals surface area contributed by atoms with Crippen molar-refractivity contribution in [1.29, 1.82) is 0 Å². The van der Waals surface area contributed by atoms with Gasteiger partial charge in [-0.1, -0.05) is 18.2 Å². The molecule has 1 rings (SSSR count). The molecule has 0 aliphatic heterocycles. The third-order valence-corrected chi connectivity index (χ3v) is 3.94. The van der Waals surface area contributed by atoms with Gasteiger partial charge in [-0.2, -0.15) is 13.2 Å². The summed E-state index contributed by atoms with van der Waals surface area (Å²) in [5, 5.41) is 0. The zero-order chi connectivity index (χ0) is 15.6. The molecule has 0 saturated heterocycles. The van der Waals surface area contributed by atoms with E-state index in [9.17, 15) is 26.4 Å². The van der Waals surface area contributed by atoms with Gasteiger partial charge in [-0.15, -0.1) is 0 Å². The Morgan fingerprint density at radius 2 is 1.85 bits per heavy atom. The van der Waals surface area contributed by atoms with Gasteiger partial charge in [-0.3, -0.25) is 4.79 Å². The molecule has 0 aromatic heterocycles. The summed E-state index contributed by atoms with van der Waals surface area (Å²) in [6.45, 7) is 0. The average Bonchev–Trinajstić information content (AvgIpc) is 2.26. The lowest BCUT2D eigenvalue weighted by atomic mass is 10.1. The number of hydrogen-bond donors (Lipinski definition) is 0. The Morgan fingerprint density at radius 3 is 2.35 bits per heavy atom. The lowest BCUT2D eigenvalue weighted by Gasteiger charge is -2.11. The lowest BCUT2D eigenvalue weighted by molar-refractivity contribution is -0.137. The molecule has 0 radical (unpaired) electrons. The molecular weight excluding hydrogens is 295 g/mol. The predicted molar refractivity (Wildman–Crippen MR) is 67.6 cm³/mol. The molecule has 1 aromatic rings. The molecule has 112 valence electrons. The van der Waals surface area contributed by atoms with Crippen LogP contribution in [0.2, 0.25) is 0 Å². The molecule has 0 saturated carbocycles. The van der Waals surface area contributed by atoms with Crippen molar-refractivity contribution < 1.29 is 26.4 Å². The van der Waals surface area contributed by atoms with Crippen molar-refractivity contribution in [2.75, 3.05) is 19.8 Å². The van der Waals surface area contributed by atoms with Gasteiger partial charge in [-0.25, -0.2) is 8.42 Å². The Labute approximate surface area is 115 Å². The van der Waals surface area contributed by atoms with Crippen LogP contribution in [0, 0.1) is 0 Å². The standard InChI is InChI=1S/C12H14F3NO3S/c1-16(2)11(17)8-20(18,19)7-9-4-3-5-10(6-9)12(13,14)15/h3-6H,7-8H2,1-2H3. The quantitative estimate of drug-likeness (QED) is 0.851. The number of benzene rings is 1. The van der Waals surface area contributed by atoms with E-state index in [0.717, 1.165) is 23.1 Å². The minimum atomic E-state index is -4.53. The normalized spacial score (nSPS) is 12.2. The molecule has 0 aliphatic rings. The maximum Gasteiger partial charge on any atom is 0.416 e. The van der Waals surface area contributed by atoms with Crippen LogP contribution in [0.5, 0.6) is 0 Å². The van der Waals surface area contributed by atoms with Gasteiger partial charge in [0.15, 0.2) is 9.84 Å². The van der Waals surface area contributed by atoms with Crippen LogP contribution in [0.25, 0.3) is 0 Å². The van der Waals surface area contributed by atoms with Gasteiger partial charge in [0, 0.05) is 14.1 Å². The summed E-state index contributed by atoms with van der Waals surface area (Å²) in [7, 11) is -0.990. The van der Waals surface area contributed by atoms with Crippen LogP contribution < -0.4 is 0 Å². The monoisotopic (exact) mass is 309 g/mol. The number of hydrogen-bond acceptors (Lipinski definition) is 3. The molecule has 0 aliphatic carbocycles. The molecule has 0 heterocycles. The van der Waals surface area contributed by atoms with Crippen LogP contribution in [-0.4, -0.2) is 39.1 Å². The van der Waals surface area contributed by atoms with E-state index in [0.29, 0.717) is 0 Å². The van der Waals surface area contributed by atoms with E-state index in [1.165, 1.54) is 20.2 Å². The second kappa shape index (κ2) is 5.82. The van der Waals surface area contributed by atoms with Gasteiger partial charge >= 0.3 is 6.18 Å². The first kappa shape index (κ1) is 16.5. The Balaban J connectivity index is 2.91. The molecule has 4 nitrogen and oxygen atoms in total. The van der Waals surface area contributed by atoms with Crippen LogP contribution in [-0.2, 0) is 26.6 Å². The molecule has 0 spiro atoms. The third kappa shape index (κ3) is 4.84. The molecule has 0 N–H and O–H groups in total. The first-order chi connectivity index (χ1) is 9.01. The summed E-state index contributed by atoms with van der Waals surface area (Å²) in [6.07, 6.45) is -4.53. The average molecular weight is 309 g/mol. The molecule has 0 fully saturated rings. The summed E-state index contributed by atoms with van der Waals surface area (Å²) in [6, 6.07) is 4.06. The lowest BCUT2D eigenvalue weighted by Crippen LogP contribution is -2.29. The first-order valence-electron chi connectivity index (χ1n) is 5.58. The maximum atomic E-state index is 12.5. The van der Waals surface area contributed by atoms with Gasteiger partial charge in [0.25, 0.3) is 0 Å². The summed E-state index contributed by atoms with van der Waals surface area (Å²) >= 11 is 0. The van der Waals surface area contributed by atoms with Crippen LogP contribution in [0.15, 0.2) is 24.3 Å². The minimum absolute atomic E-state index is 0.00591. The number of carbonyl (C=O) groups excluding carboxylic acids is 1. The van der Waals surface area contributed by atoms with E-state index in [2.05, 4.69) is 0 Å². The maximum absolute atomic E-state index is 12.5. The fraction of sp³-hybridized carbons (Fsp3) is 0.417. The van der Waals surface area contributed by atoms with Gasteiger partial charge in [0.1, 0.15) is 5.75 Å². The summed E-state index contributed by atoms with van der Waals surface area (Å²) in [5.41, 5.74) is -0.907. The van der Waals surface area contributed by atoms with Crippen molar-refractivity contribution in [3.63, 3.8) is 0 Å². The molecule has 1 aromatic carbocycles. The summed E-state index contributed by atoms with van der Waals surface area (Å²) < 4.78 is 61.0. The zero-order valence-corrected chi connectivity index (χ0v) is 11.8. The first-order valence-corrected chi connectivity index (χ1v) is 7.40. The Morgan fingerprint density at radius 1 is 1.25 bits per heavy atom. The predicted octanol–water partition coefficient (Wildman–Crippen LogP) is 1.71. The molecular formula is C12H14F3NO3S. The van der Waals surface area contributed by atoms with Gasteiger partial charge in [-0.05, 0) is 11.6 Å². The van der Waals surface area contributed by atoms with Crippen LogP contribution in [0.4, 0.5) is 13.2 Å². The number of alkyl halides is 3. The molecule has 0 atom stereocenters. The highest BCUT2D eigenvalue weighted by molar-refractivity contribution is 7.91. The molecule has 0 unspecified atom stereocenters. The Kier molecular flexibility index (Phi) is 4.80. The SMILES string of the molecule is CN(C)C(=O)CS(=O)(=O)Cc1cccc(C(F)(F)F)c1. The van der Waals surface area contributed by atoms with E-state index in [1.54, 1.807) is 0 Å². The van der Waals surface area contributed by atoms with E-state index in [-0.39, 0.29) is 5.56 Å². The second-order valence-electron chi connectivity index (χ2n) is 4.52. The highest BCUT2D eigenvalue weighted by atomic mass is 32.2. The highest BCUT2D eigenvalue weighted by Crippen LogP contribution is 2.29. The van der Waals surface area contributed by atoms with Gasteiger partial charge in [0.05, 0.1) is 11.3 Å². The number of sulfone groups is 1. The largest absolute Gasteiger partial charge is 0.416 e. The van der Waals surface area contributed by atoms with Crippen LogP contribution >= 0.6 is 0 Å². The van der Waals surface area contributed by atoms with Crippen molar-refractivity contribution in [1.82, 2.24) is 4.90 Å². The van der Waals surface area contributed by atoms with Crippen molar-refractivity contribution >= 4 is 15.7 Å². The smallest absolute Gasteiger partial charge is 0.348 e. The third-order valence-electron chi connectivity index (χ3n) is 2.48. The highest BCUT2D eigenvalue weighted by Gasteiger charge is 2.30. The molecule has 8 heteroatoms. The summed E-state index contributed by atoms with van der Waals surface area (Å²) in [5.74, 6) is -1.94. The Bertz CT molecular complexity index is 594. The van der Waals surface area contributed by atoms with Gasteiger partial charge in [0.2, 0.25) is 5.91 Å². The Hall–Kier alpha value is -1.57. The number of halogens is 3. The second-order valence-corrected chi connectivity index (χ2v) is 6.58. The van der Waals surface area contributed by atoms with E-state index < -0.39 is 39.0 Å². The minimum Gasteiger partial charge on any atom is -0.348 e. The van der Waals surface area contributed by atoms with Crippen LogP contribution in [0.3, 0.4) is 0 Å².